The molecule has 18 heavy (non-hydrogen) atoms. The Kier molecular flexibility index (Phi) is 3.09. The van der Waals surface area contributed by atoms with E-state index in [2.05, 4.69) is 10.2 Å². The molecule has 0 aliphatic carbocycles. The van der Waals surface area contributed by atoms with Gasteiger partial charge in [0.15, 0.2) is 0 Å². The molecule has 0 aliphatic heterocycles. The number of benzene rings is 1. The van der Waals surface area contributed by atoms with Gasteiger partial charge in [-0.3, -0.25) is 4.79 Å². The first-order valence-corrected chi connectivity index (χ1v) is 5.09. The molecule has 0 atom stereocenters. The highest BCUT2D eigenvalue weighted by atomic mass is 16.5. The van der Waals surface area contributed by atoms with Crippen molar-refractivity contribution in [2.75, 3.05) is 7.11 Å². The van der Waals surface area contributed by atoms with Gasteiger partial charge in [0.05, 0.1) is 18.4 Å². The zero-order valence-corrected chi connectivity index (χ0v) is 9.51. The quantitative estimate of drug-likeness (QED) is 0.847. The summed E-state index contributed by atoms with van der Waals surface area (Å²) in [4.78, 5) is 21.9. The van der Waals surface area contributed by atoms with Crippen LogP contribution < -0.4 is 10.3 Å². The summed E-state index contributed by atoms with van der Waals surface area (Å²) in [5, 5.41) is 15.1. The zero-order valence-electron chi connectivity index (χ0n) is 9.51. The van der Waals surface area contributed by atoms with Crippen LogP contribution in [0.4, 0.5) is 0 Å². The second kappa shape index (κ2) is 4.70. The molecule has 0 spiro atoms. The van der Waals surface area contributed by atoms with Crippen LogP contribution in [-0.2, 0) is 0 Å². The van der Waals surface area contributed by atoms with Gasteiger partial charge in [0, 0.05) is 11.6 Å². The third-order valence-electron chi connectivity index (χ3n) is 2.40. The predicted octanol–water partition coefficient (Wildman–Crippen LogP) is 1.14. The number of ether oxygens (including phenoxy) is 1. The smallest absolute Gasteiger partial charge is 0.335 e. The second-order valence-electron chi connectivity index (χ2n) is 3.53. The van der Waals surface area contributed by atoms with Crippen LogP contribution in [0.1, 0.15) is 10.4 Å². The van der Waals surface area contributed by atoms with E-state index >= 15 is 0 Å². The van der Waals surface area contributed by atoms with Crippen LogP contribution in [0.5, 0.6) is 5.75 Å². The van der Waals surface area contributed by atoms with Crippen molar-refractivity contribution < 1.29 is 14.6 Å². The lowest BCUT2D eigenvalue weighted by atomic mass is 10.1. The number of H-pyrrole nitrogens is 1. The summed E-state index contributed by atoms with van der Waals surface area (Å²) in [5.74, 6) is -0.553. The third kappa shape index (κ3) is 2.22. The van der Waals surface area contributed by atoms with Crippen LogP contribution in [0.15, 0.2) is 35.1 Å². The van der Waals surface area contributed by atoms with Crippen LogP contribution in [0.2, 0.25) is 0 Å². The number of carboxylic acid groups (broad SMARTS) is 1. The summed E-state index contributed by atoms with van der Waals surface area (Å²) in [6.07, 6.45) is 0. The van der Waals surface area contributed by atoms with Gasteiger partial charge in [0.1, 0.15) is 5.75 Å². The molecule has 6 nitrogen and oxygen atoms in total. The van der Waals surface area contributed by atoms with Gasteiger partial charge in [-0.25, -0.2) is 9.89 Å². The fourth-order valence-electron chi connectivity index (χ4n) is 1.54. The Morgan fingerprint density at radius 3 is 2.67 bits per heavy atom. The number of hydrogen-bond acceptors (Lipinski definition) is 4. The Bertz CT molecular complexity index is 628. The van der Waals surface area contributed by atoms with Crippen molar-refractivity contribution in [1.29, 1.82) is 0 Å². The van der Waals surface area contributed by atoms with E-state index in [4.69, 9.17) is 9.84 Å². The molecule has 0 radical (unpaired) electrons. The zero-order chi connectivity index (χ0) is 13.1. The molecule has 0 fully saturated rings. The van der Waals surface area contributed by atoms with Gasteiger partial charge in [0.25, 0.3) is 5.56 Å². The second-order valence-corrected chi connectivity index (χ2v) is 3.53. The van der Waals surface area contributed by atoms with Crippen LogP contribution in [0.25, 0.3) is 11.3 Å². The summed E-state index contributed by atoms with van der Waals surface area (Å²) in [5.41, 5.74) is 0.745. The van der Waals surface area contributed by atoms with Crippen molar-refractivity contribution in [3.63, 3.8) is 0 Å². The van der Waals surface area contributed by atoms with E-state index in [1.807, 2.05) is 0 Å². The summed E-state index contributed by atoms with van der Waals surface area (Å²) in [6.45, 7) is 0. The maximum Gasteiger partial charge on any atom is 0.335 e. The van der Waals surface area contributed by atoms with Gasteiger partial charge < -0.3 is 9.84 Å². The fraction of sp³-hybridized carbons (Fsp3) is 0.0833. The normalized spacial score (nSPS) is 10.1. The Morgan fingerprint density at radius 1 is 1.33 bits per heavy atom. The van der Waals surface area contributed by atoms with E-state index in [1.165, 1.54) is 31.4 Å². The number of hydrogen-bond donors (Lipinski definition) is 2. The van der Waals surface area contributed by atoms with Gasteiger partial charge in [-0.2, -0.15) is 5.10 Å². The van der Waals surface area contributed by atoms with E-state index in [9.17, 15) is 9.59 Å². The molecule has 1 aromatic heterocycles. The first kappa shape index (κ1) is 11.8. The maximum atomic E-state index is 10.9. The Labute approximate surface area is 102 Å². The van der Waals surface area contributed by atoms with E-state index in [0.29, 0.717) is 17.0 Å². The molecule has 0 saturated carbocycles. The van der Waals surface area contributed by atoms with E-state index in [0.717, 1.165) is 0 Å². The highest BCUT2D eigenvalue weighted by Gasteiger charge is 2.11. The van der Waals surface area contributed by atoms with Gasteiger partial charge >= 0.3 is 5.97 Å². The number of rotatable bonds is 3. The summed E-state index contributed by atoms with van der Waals surface area (Å²) < 4.78 is 5.14. The van der Waals surface area contributed by atoms with Crippen molar-refractivity contribution in [1.82, 2.24) is 10.2 Å². The lowest BCUT2D eigenvalue weighted by molar-refractivity contribution is 0.0697. The summed E-state index contributed by atoms with van der Waals surface area (Å²) >= 11 is 0. The SMILES string of the molecule is COc1ccc(C(=O)O)cc1-c1ccc(=O)[nH]n1. The first-order valence-electron chi connectivity index (χ1n) is 5.09. The number of nitrogens with zero attached hydrogens (tertiary/aromatic N) is 1. The molecule has 1 heterocycles. The van der Waals surface area contributed by atoms with Crippen molar-refractivity contribution in [3.8, 4) is 17.0 Å². The monoisotopic (exact) mass is 246 g/mol. The first-order chi connectivity index (χ1) is 8.61. The number of aromatic amines is 1. The van der Waals surface area contributed by atoms with Gasteiger partial charge in [-0.1, -0.05) is 0 Å². The largest absolute Gasteiger partial charge is 0.496 e. The van der Waals surface area contributed by atoms with Crippen LogP contribution >= 0.6 is 0 Å². The number of nitrogens with one attached hydrogen (secondary N) is 1. The molecule has 92 valence electrons. The number of carbonyl (C=O) groups is 1. The molecule has 0 aliphatic rings. The number of aromatic nitrogens is 2. The van der Waals surface area contributed by atoms with Crippen molar-refractivity contribution in [2.45, 2.75) is 0 Å². The van der Waals surface area contributed by atoms with Gasteiger partial charge in [-0.05, 0) is 24.3 Å². The molecular weight excluding hydrogens is 236 g/mol. The van der Waals surface area contributed by atoms with E-state index in [1.54, 1.807) is 6.07 Å². The molecule has 2 rings (SSSR count). The molecule has 0 unspecified atom stereocenters. The molecule has 1 aromatic carbocycles. The van der Waals surface area contributed by atoms with Crippen LogP contribution in [-0.4, -0.2) is 28.4 Å². The molecule has 0 bridgehead atoms. The number of carboxylic acids is 1. The topological polar surface area (TPSA) is 92.3 Å². The molecular formula is C12H10N2O4. The Balaban J connectivity index is 2.59. The molecule has 0 saturated heterocycles. The number of methoxy groups -OCH3 is 1. The highest BCUT2D eigenvalue weighted by molar-refractivity contribution is 5.90. The standard InChI is InChI=1S/C12H10N2O4/c1-18-10-4-2-7(12(16)17)6-8(10)9-3-5-11(15)14-13-9/h2-6H,1H3,(H,14,15)(H,16,17). The minimum atomic E-state index is -1.04. The van der Waals surface area contributed by atoms with E-state index < -0.39 is 5.97 Å². The van der Waals surface area contributed by atoms with Crippen LogP contribution in [0, 0.1) is 0 Å². The average Bonchev–Trinajstić information content (AvgIpc) is 2.39. The Hall–Kier alpha value is -2.63. The molecule has 0 amide bonds. The summed E-state index contributed by atoms with van der Waals surface area (Å²) in [6, 6.07) is 7.25. The fourth-order valence-corrected chi connectivity index (χ4v) is 1.54. The summed E-state index contributed by atoms with van der Waals surface area (Å²) in [7, 11) is 1.48. The maximum absolute atomic E-state index is 10.9. The predicted molar refractivity (Wildman–Crippen MR) is 63.8 cm³/mol. The molecule has 6 heteroatoms. The lowest BCUT2D eigenvalue weighted by Gasteiger charge is -2.08. The number of aromatic carboxylic acids is 1. The van der Waals surface area contributed by atoms with Gasteiger partial charge in [-0.15, -0.1) is 0 Å². The minimum absolute atomic E-state index is 0.124. The molecule has 2 N–H and O–H groups in total. The molecule has 2 aromatic rings. The van der Waals surface area contributed by atoms with Crippen LogP contribution in [0.3, 0.4) is 0 Å². The third-order valence-corrected chi connectivity index (χ3v) is 2.40. The van der Waals surface area contributed by atoms with Crippen molar-refractivity contribution in [3.05, 3.63) is 46.2 Å². The average molecular weight is 246 g/mol. The van der Waals surface area contributed by atoms with E-state index in [-0.39, 0.29) is 11.1 Å². The lowest BCUT2D eigenvalue weighted by Crippen LogP contribution is -2.06. The van der Waals surface area contributed by atoms with Crippen molar-refractivity contribution in [2.24, 2.45) is 0 Å². The van der Waals surface area contributed by atoms with Crippen molar-refractivity contribution >= 4 is 5.97 Å². The minimum Gasteiger partial charge on any atom is -0.496 e. The Morgan fingerprint density at radius 2 is 2.11 bits per heavy atom. The highest BCUT2D eigenvalue weighted by Crippen LogP contribution is 2.28. The van der Waals surface area contributed by atoms with Gasteiger partial charge in [0.2, 0.25) is 0 Å².